The molecule has 1 aliphatic carbocycles. The molecule has 112 valence electrons. The smallest absolute Gasteiger partial charge is 0.128 e. The fourth-order valence-electron chi connectivity index (χ4n) is 2.39. The summed E-state index contributed by atoms with van der Waals surface area (Å²) in [5, 5.41) is 0.0888. The molecule has 0 aromatic heterocycles. The second-order valence-corrected chi connectivity index (χ2v) is 6.18. The second-order valence-electron chi connectivity index (χ2n) is 5.62. The standard InChI is InChI=1S/C17H25ClO2/c1-4-10-19-17-15(18)11-16(17)20-14-8-6-13(7-9-14)12(3)5-2/h6-9,12,15-17H,4-5,10-11H2,1-3H3. The van der Waals surface area contributed by atoms with Crippen molar-refractivity contribution in [3.8, 4) is 5.75 Å². The lowest BCUT2D eigenvalue weighted by atomic mass is 9.90. The van der Waals surface area contributed by atoms with E-state index < -0.39 is 0 Å². The van der Waals surface area contributed by atoms with Gasteiger partial charge in [0.1, 0.15) is 18.0 Å². The van der Waals surface area contributed by atoms with Crippen molar-refractivity contribution >= 4 is 11.6 Å². The Morgan fingerprint density at radius 2 is 1.95 bits per heavy atom. The van der Waals surface area contributed by atoms with Crippen LogP contribution in [0.5, 0.6) is 5.75 Å². The molecule has 0 aliphatic heterocycles. The predicted molar refractivity (Wildman–Crippen MR) is 83.9 cm³/mol. The first-order valence-corrected chi connectivity index (χ1v) is 8.11. The minimum absolute atomic E-state index is 0.0332. The highest BCUT2D eigenvalue weighted by molar-refractivity contribution is 6.21. The highest BCUT2D eigenvalue weighted by Gasteiger charge is 2.42. The van der Waals surface area contributed by atoms with Crippen molar-refractivity contribution in [1.82, 2.24) is 0 Å². The third-order valence-corrected chi connectivity index (χ3v) is 4.47. The molecule has 1 fully saturated rings. The fraction of sp³-hybridized carbons (Fsp3) is 0.647. The lowest BCUT2D eigenvalue weighted by molar-refractivity contribution is -0.0797. The molecule has 1 saturated carbocycles. The van der Waals surface area contributed by atoms with Crippen LogP contribution in [0, 0.1) is 0 Å². The van der Waals surface area contributed by atoms with Gasteiger partial charge in [0.15, 0.2) is 0 Å². The van der Waals surface area contributed by atoms with Crippen LogP contribution in [-0.4, -0.2) is 24.2 Å². The first kappa shape index (κ1) is 15.7. The Morgan fingerprint density at radius 1 is 1.25 bits per heavy atom. The molecule has 4 unspecified atom stereocenters. The average Bonchev–Trinajstić information content (AvgIpc) is 2.47. The predicted octanol–water partition coefficient (Wildman–Crippen LogP) is 4.75. The summed E-state index contributed by atoms with van der Waals surface area (Å²) in [5.74, 6) is 1.51. The van der Waals surface area contributed by atoms with Crippen LogP contribution in [-0.2, 0) is 4.74 Å². The summed E-state index contributed by atoms with van der Waals surface area (Å²) in [6, 6.07) is 8.42. The summed E-state index contributed by atoms with van der Waals surface area (Å²) in [7, 11) is 0. The third-order valence-electron chi connectivity index (χ3n) is 4.04. The summed E-state index contributed by atoms with van der Waals surface area (Å²) in [6.45, 7) is 7.31. The lowest BCUT2D eigenvalue weighted by Gasteiger charge is -2.40. The van der Waals surface area contributed by atoms with E-state index in [0.717, 1.165) is 31.6 Å². The topological polar surface area (TPSA) is 18.5 Å². The SMILES string of the molecule is CCCOC1C(Cl)CC1Oc1ccc(C(C)CC)cc1. The third kappa shape index (κ3) is 3.67. The number of rotatable bonds is 7. The minimum atomic E-state index is 0.0332. The van der Waals surface area contributed by atoms with Gasteiger partial charge < -0.3 is 9.47 Å². The number of halogens is 1. The Kier molecular flexibility index (Phi) is 5.74. The molecular weight excluding hydrogens is 272 g/mol. The van der Waals surface area contributed by atoms with E-state index in [0.29, 0.717) is 5.92 Å². The zero-order valence-corrected chi connectivity index (χ0v) is 13.4. The Balaban J connectivity index is 1.90. The van der Waals surface area contributed by atoms with Crippen LogP contribution in [0.15, 0.2) is 24.3 Å². The Bertz CT molecular complexity index is 404. The van der Waals surface area contributed by atoms with Gasteiger partial charge in [0.05, 0.1) is 5.38 Å². The zero-order chi connectivity index (χ0) is 14.5. The molecule has 0 spiro atoms. The maximum absolute atomic E-state index is 6.19. The Morgan fingerprint density at radius 3 is 2.50 bits per heavy atom. The molecule has 0 heterocycles. The molecule has 0 radical (unpaired) electrons. The first-order chi connectivity index (χ1) is 9.65. The molecule has 0 N–H and O–H groups in total. The van der Waals surface area contributed by atoms with Crippen LogP contribution in [0.2, 0.25) is 0 Å². The lowest BCUT2D eigenvalue weighted by Crippen LogP contribution is -2.52. The maximum Gasteiger partial charge on any atom is 0.128 e. The zero-order valence-electron chi connectivity index (χ0n) is 12.6. The molecule has 0 amide bonds. The molecule has 1 aliphatic rings. The summed E-state index contributed by atoms with van der Waals surface area (Å²) >= 11 is 6.19. The van der Waals surface area contributed by atoms with E-state index in [9.17, 15) is 0 Å². The Labute approximate surface area is 127 Å². The van der Waals surface area contributed by atoms with E-state index >= 15 is 0 Å². The molecule has 0 bridgehead atoms. The normalized spacial score (nSPS) is 26.9. The number of hydrogen-bond acceptors (Lipinski definition) is 2. The molecular formula is C17H25ClO2. The van der Waals surface area contributed by atoms with Crippen molar-refractivity contribution in [2.45, 2.75) is 63.5 Å². The Hall–Kier alpha value is -0.730. The van der Waals surface area contributed by atoms with E-state index in [2.05, 4.69) is 45.0 Å². The van der Waals surface area contributed by atoms with Crippen molar-refractivity contribution in [2.24, 2.45) is 0 Å². The quantitative estimate of drug-likeness (QED) is 0.676. The minimum Gasteiger partial charge on any atom is -0.488 e. The van der Waals surface area contributed by atoms with E-state index in [1.54, 1.807) is 0 Å². The van der Waals surface area contributed by atoms with Crippen LogP contribution in [0.3, 0.4) is 0 Å². The summed E-state index contributed by atoms with van der Waals surface area (Å²) in [4.78, 5) is 0. The van der Waals surface area contributed by atoms with Crippen LogP contribution in [0.25, 0.3) is 0 Å². The largest absolute Gasteiger partial charge is 0.488 e. The van der Waals surface area contributed by atoms with Gasteiger partial charge in [0.25, 0.3) is 0 Å². The number of alkyl halides is 1. The molecule has 20 heavy (non-hydrogen) atoms. The molecule has 0 saturated heterocycles. The second kappa shape index (κ2) is 7.33. The summed E-state index contributed by atoms with van der Waals surface area (Å²) < 4.78 is 11.7. The van der Waals surface area contributed by atoms with Gasteiger partial charge in [-0.15, -0.1) is 11.6 Å². The van der Waals surface area contributed by atoms with Crippen molar-refractivity contribution < 1.29 is 9.47 Å². The van der Waals surface area contributed by atoms with Gasteiger partial charge in [-0.3, -0.25) is 0 Å². The molecule has 1 aromatic rings. The van der Waals surface area contributed by atoms with Crippen molar-refractivity contribution in [1.29, 1.82) is 0 Å². The van der Waals surface area contributed by atoms with Gasteiger partial charge in [0, 0.05) is 13.0 Å². The summed E-state index contributed by atoms with van der Waals surface area (Å²) in [5.41, 5.74) is 1.36. The van der Waals surface area contributed by atoms with Gasteiger partial charge in [0.2, 0.25) is 0 Å². The molecule has 2 nitrogen and oxygen atoms in total. The van der Waals surface area contributed by atoms with Gasteiger partial charge in [-0.05, 0) is 36.5 Å². The number of benzene rings is 1. The van der Waals surface area contributed by atoms with Gasteiger partial charge in [-0.1, -0.05) is 32.9 Å². The average molecular weight is 297 g/mol. The van der Waals surface area contributed by atoms with Gasteiger partial charge >= 0.3 is 0 Å². The molecule has 4 atom stereocenters. The number of ether oxygens (including phenoxy) is 2. The monoisotopic (exact) mass is 296 g/mol. The van der Waals surface area contributed by atoms with Crippen molar-refractivity contribution in [3.63, 3.8) is 0 Å². The van der Waals surface area contributed by atoms with E-state index in [4.69, 9.17) is 21.1 Å². The van der Waals surface area contributed by atoms with Crippen LogP contribution in [0.4, 0.5) is 0 Å². The van der Waals surface area contributed by atoms with Gasteiger partial charge in [-0.25, -0.2) is 0 Å². The van der Waals surface area contributed by atoms with Crippen LogP contribution in [0.1, 0.15) is 51.5 Å². The highest BCUT2D eigenvalue weighted by atomic mass is 35.5. The molecule has 3 heteroatoms. The molecule has 1 aromatic carbocycles. The van der Waals surface area contributed by atoms with Crippen molar-refractivity contribution in [2.75, 3.05) is 6.61 Å². The van der Waals surface area contributed by atoms with Crippen LogP contribution >= 0.6 is 11.6 Å². The van der Waals surface area contributed by atoms with E-state index in [-0.39, 0.29) is 17.6 Å². The van der Waals surface area contributed by atoms with Crippen molar-refractivity contribution in [3.05, 3.63) is 29.8 Å². The van der Waals surface area contributed by atoms with Gasteiger partial charge in [-0.2, -0.15) is 0 Å². The van der Waals surface area contributed by atoms with E-state index in [1.807, 2.05) is 0 Å². The fourth-order valence-corrected chi connectivity index (χ4v) is 2.80. The highest BCUT2D eigenvalue weighted by Crippen LogP contribution is 2.33. The van der Waals surface area contributed by atoms with Crippen LogP contribution < -0.4 is 4.74 Å². The molecule has 2 rings (SSSR count). The van der Waals surface area contributed by atoms with E-state index in [1.165, 1.54) is 5.56 Å². The number of hydrogen-bond donors (Lipinski definition) is 0. The first-order valence-electron chi connectivity index (χ1n) is 7.68. The summed E-state index contributed by atoms with van der Waals surface area (Å²) in [6.07, 6.45) is 3.16. The maximum atomic E-state index is 6.19.